The number of aliphatic hydroxyl groups is 1. The number of aromatic amines is 1. The third-order valence-electron chi connectivity index (χ3n) is 5.86. The van der Waals surface area contributed by atoms with E-state index in [1.54, 1.807) is 36.5 Å². The molecule has 35 heavy (non-hydrogen) atoms. The van der Waals surface area contributed by atoms with Crippen LogP contribution in [0.25, 0.3) is 0 Å². The highest BCUT2D eigenvalue weighted by atomic mass is 16.4. The minimum atomic E-state index is -1.51. The van der Waals surface area contributed by atoms with Crippen molar-refractivity contribution >= 4 is 23.7 Å². The van der Waals surface area contributed by atoms with Crippen LogP contribution in [0.5, 0.6) is 0 Å². The van der Waals surface area contributed by atoms with Gasteiger partial charge in [-0.25, -0.2) is 9.78 Å². The van der Waals surface area contributed by atoms with Crippen molar-refractivity contribution in [3.05, 3.63) is 54.1 Å². The number of carbonyl (C=O) groups excluding carboxylic acids is 3. The smallest absolute Gasteiger partial charge is 0.328 e. The fourth-order valence-electron chi connectivity index (χ4n) is 4.02. The fourth-order valence-corrected chi connectivity index (χ4v) is 4.02. The molecule has 1 aromatic heterocycles. The molecule has 0 aliphatic carbocycles. The summed E-state index contributed by atoms with van der Waals surface area (Å²) in [7, 11) is 0. The lowest BCUT2D eigenvalue weighted by Crippen LogP contribution is -2.57. The number of carboxylic acid groups (broad SMARTS) is 1. The van der Waals surface area contributed by atoms with Crippen LogP contribution in [0.2, 0.25) is 0 Å². The molecule has 1 aromatic carbocycles. The topological polar surface area (TPSA) is 191 Å². The third kappa shape index (κ3) is 6.87. The molecule has 0 bridgehead atoms. The number of amides is 3. The molecular weight excluding hydrogens is 456 g/mol. The number of H-pyrrole nitrogens is 1. The van der Waals surface area contributed by atoms with Gasteiger partial charge < -0.3 is 36.5 Å². The van der Waals surface area contributed by atoms with E-state index in [1.165, 1.54) is 11.2 Å². The monoisotopic (exact) mass is 486 g/mol. The van der Waals surface area contributed by atoms with E-state index in [-0.39, 0.29) is 18.7 Å². The Balaban J connectivity index is 1.71. The highest BCUT2D eigenvalue weighted by Gasteiger charge is 2.38. The number of aliphatic hydroxyl groups excluding tert-OH is 1. The van der Waals surface area contributed by atoms with Crippen molar-refractivity contribution in [2.75, 3.05) is 13.2 Å². The number of benzene rings is 1. The summed E-state index contributed by atoms with van der Waals surface area (Å²) < 4.78 is 0. The lowest BCUT2D eigenvalue weighted by Gasteiger charge is -2.28. The summed E-state index contributed by atoms with van der Waals surface area (Å²) in [5, 5.41) is 23.3. The Morgan fingerprint density at radius 3 is 2.51 bits per heavy atom. The highest BCUT2D eigenvalue weighted by Crippen LogP contribution is 2.19. The molecule has 12 nitrogen and oxygen atoms in total. The van der Waals surface area contributed by atoms with Gasteiger partial charge in [-0.3, -0.25) is 14.4 Å². The molecule has 1 fully saturated rings. The number of hydrogen-bond donors (Lipinski definition) is 6. The number of carbonyl (C=O) groups is 4. The van der Waals surface area contributed by atoms with E-state index in [2.05, 4.69) is 20.6 Å². The van der Waals surface area contributed by atoms with Gasteiger partial charge in [0.2, 0.25) is 17.7 Å². The fraction of sp³-hybridized carbons (Fsp3) is 0.435. The first-order chi connectivity index (χ1) is 16.8. The minimum Gasteiger partial charge on any atom is -0.480 e. The molecule has 4 atom stereocenters. The van der Waals surface area contributed by atoms with Crippen molar-refractivity contribution in [3.63, 3.8) is 0 Å². The van der Waals surface area contributed by atoms with Crippen LogP contribution in [-0.2, 0) is 32.0 Å². The van der Waals surface area contributed by atoms with E-state index in [4.69, 9.17) is 10.8 Å². The van der Waals surface area contributed by atoms with E-state index in [1.807, 2.05) is 0 Å². The summed E-state index contributed by atoms with van der Waals surface area (Å²) in [6.07, 6.45) is 4.40. The molecule has 3 amide bonds. The highest BCUT2D eigenvalue weighted by molar-refractivity contribution is 5.94. The molecule has 0 spiro atoms. The predicted octanol–water partition coefficient (Wildman–Crippen LogP) is -1.44. The van der Waals surface area contributed by atoms with Gasteiger partial charge in [0.25, 0.3) is 0 Å². The van der Waals surface area contributed by atoms with Gasteiger partial charge in [0.1, 0.15) is 18.1 Å². The van der Waals surface area contributed by atoms with Crippen LogP contribution in [0, 0.1) is 0 Å². The van der Waals surface area contributed by atoms with Crippen LogP contribution in [0.3, 0.4) is 0 Å². The zero-order valence-electron chi connectivity index (χ0n) is 19.1. The maximum atomic E-state index is 13.2. The Hall–Kier alpha value is -3.77. The van der Waals surface area contributed by atoms with Crippen LogP contribution in [0.1, 0.15) is 24.1 Å². The minimum absolute atomic E-state index is 0.0934. The first-order valence-corrected chi connectivity index (χ1v) is 11.3. The summed E-state index contributed by atoms with van der Waals surface area (Å²) in [4.78, 5) is 58.5. The van der Waals surface area contributed by atoms with Gasteiger partial charge in [-0.15, -0.1) is 0 Å². The quantitative estimate of drug-likeness (QED) is 0.222. The van der Waals surface area contributed by atoms with Crippen LogP contribution in [0.4, 0.5) is 0 Å². The molecule has 2 aromatic rings. The van der Waals surface area contributed by atoms with Gasteiger partial charge in [-0.1, -0.05) is 30.3 Å². The standard InChI is InChI=1S/C23H30N6O6/c24-16(10-15-11-25-13-26-15)22(33)29-8-4-7-19(29)21(32)27-17(9-14-5-2-1-3-6-14)20(31)28-18(12-30)23(34)35/h1-3,5-6,11,13,16-19,30H,4,7-10,12,24H2,(H,25,26)(H,27,32)(H,28,31)(H,34,35). The maximum Gasteiger partial charge on any atom is 0.328 e. The Labute approximate surface area is 201 Å². The van der Waals surface area contributed by atoms with Crippen LogP contribution < -0.4 is 16.4 Å². The molecular formula is C23H30N6O6. The Bertz CT molecular complexity index is 1010. The Morgan fingerprint density at radius 1 is 1.14 bits per heavy atom. The molecule has 0 saturated carbocycles. The third-order valence-corrected chi connectivity index (χ3v) is 5.86. The maximum absolute atomic E-state index is 13.2. The molecule has 12 heteroatoms. The number of rotatable bonds is 11. The summed E-state index contributed by atoms with van der Waals surface area (Å²) in [6.45, 7) is -0.444. The number of hydrogen-bond acceptors (Lipinski definition) is 7. The van der Waals surface area contributed by atoms with Crippen LogP contribution in [0.15, 0.2) is 42.9 Å². The molecule has 3 rings (SSSR count). The molecule has 1 aliphatic heterocycles. The van der Waals surface area contributed by atoms with Gasteiger partial charge in [0.05, 0.1) is 19.0 Å². The van der Waals surface area contributed by atoms with Crippen LogP contribution >= 0.6 is 0 Å². The molecule has 1 saturated heterocycles. The SMILES string of the molecule is NC(Cc1cnc[nH]1)C(=O)N1CCCC1C(=O)NC(Cc1ccccc1)C(=O)NC(CO)C(=O)O. The number of aliphatic carboxylic acids is 1. The van der Waals surface area contributed by atoms with Crippen molar-refractivity contribution in [2.45, 2.75) is 49.9 Å². The van der Waals surface area contributed by atoms with Crippen LogP contribution in [-0.4, -0.2) is 86.1 Å². The summed E-state index contributed by atoms with van der Waals surface area (Å²) in [5.41, 5.74) is 7.52. The zero-order chi connectivity index (χ0) is 25.4. The van der Waals surface area contributed by atoms with E-state index >= 15 is 0 Å². The largest absolute Gasteiger partial charge is 0.480 e. The number of aromatic nitrogens is 2. The van der Waals surface area contributed by atoms with Crippen molar-refractivity contribution < 1.29 is 29.4 Å². The number of likely N-dealkylation sites (tertiary alicyclic amines) is 1. The molecule has 188 valence electrons. The first-order valence-electron chi connectivity index (χ1n) is 11.3. The lowest BCUT2D eigenvalue weighted by atomic mass is 10.0. The van der Waals surface area contributed by atoms with Crippen molar-refractivity contribution in [1.29, 1.82) is 0 Å². The molecule has 4 unspecified atom stereocenters. The average Bonchev–Trinajstić information content (AvgIpc) is 3.54. The van der Waals surface area contributed by atoms with Crippen molar-refractivity contribution in [3.8, 4) is 0 Å². The van der Waals surface area contributed by atoms with E-state index < -0.39 is 48.6 Å². The molecule has 1 aliphatic rings. The van der Waals surface area contributed by atoms with E-state index in [0.717, 1.165) is 5.56 Å². The molecule has 2 heterocycles. The molecule has 7 N–H and O–H groups in total. The van der Waals surface area contributed by atoms with E-state index in [0.29, 0.717) is 25.1 Å². The number of imidazole rings is 1. The van der Waals surface area contributed by atoms with Gasteiger partial charge in [0.15, 0.2) is 0 Å². The van der Waals surface area contributed by atoms with E-state index in [9.17, 15) is 24.3 Å². The summed E-state index contributed by atoms with van der Waals surface area (Å²) >= 11 is 0. The average molecular weight is 487 g/mol. The summed E-state index contributed by atoms with van der Waals surface area (Å²) in [5.74, 6) is -3.07. The lowest BCUT2D eigenvalue weighted by molar-refractivity contribution is -0.144. The van der Waals surface area contributed by atoms with Gasteiger partial charge in [0, 0.05) is 31.3 Å². The van der Waals surface area contributed by atoms with Crippen molar-refractivity contribution in [1.82, 2.24) is 25.5 Å². The number of nitrogens with one attached hydrogen (secondary N) is 3. The predicted molar refractivity (Wildman–Crippen MR) is 124 cm³/mol. The second-order valence-corrected chi connectivity index (χ2v) is 8.41. The van der Waals surface area contributed by atoms with Gasteiger partial charge in [-0.2, -0.15) is 0 Å². The van der Waals surface area contributed by atoms with Crippen molar-refractivity contribution in [2.24, 2.45) is 5.73 Å². The number of nitrogens with two attached hydrogens (primary N) is 1. The second kappa shape index (κ2) is 12.1. The zero-order valence-corrected chi connectivity index (χ0v) is 19.1. The second-order valence-electron chi connectivity index (χ2n) is 8.41. The number of carboxylic acids is 1. The molecule has 0 radical (unpaired) electrons. The summed E-state index contributed by atoms with van der Waals surface area (Å²) in [6, 6.07) is 4.59. The normalized spacial score (nSPS) is 17.9. The van der Waals surface area contributed by atoms with Gasteiger partial charge >= 0.3 is 5.97 Å². The Morgan fingerprint density at radius 2 is 1.89 bits per heavy atom. The van der Waals surface area contributed by atoms with Gasteiger partial charge in [-0.05, 0) is 18.4 Å². The Kier molecular flexibility index (Phi) is 8.92. The first kappa shape index (κ1) is 25.8. The number of nitrogens with zero attached hydrogens (tertiary/aromatic N) is 2.